The smallest absolute Gasteiger partial charge is 0.220 e. The van der Waals surface area contributed by atoms with Crippen molar-refractivity contribution in [3.63, 3.8) is 0 Å². The first-order valence-corrected chi connectivity index (χ1v) is 7.49. The van der Waals surface area contributed by atoms with Gasteiger partial charge in [-0.1, -0.05) is 51.5 Å². The highest BCUT2D eigenvalue weighted by Crippen LogP contribution is 2.08. The van der Waals surface area contributed by atoms with Gasteiger partial charge in [-0.3, -0.25) is 9.78 Å². The summed E-state index contributed by atoms with van der Waals surface area (Å²) < 4.78 is 0. The molecule has 3 heteroatoms. The third kappa shape index (κ3) is 8.36. The van der Waals surface area contributed by atoms with Crippen LogP contribution in [0.4, 0.5) is 0 Å². The van der Waals surface area contributed by atoms with Crippen molar-refractivity contribution in [2.45, 2.75) is 64.8 Å². The summed E-state index contributed by atoms with van der Waals surface area (Å²) in [4.78, 5) is 15.8. The van der Waals surface area contributed by atoms with Gasteiger partial charge in [-0.15, -0.1) is 0 Å². The molecule has 106 valence electrons. The number of nitrogens with zero attached hydrogens (tertiary/aromatic N) is 1. The van der Waals surface area contributed by atoms with E-state index in [1.165, 1.54) is 38.5 Å². The van der Waals surface area contributed by atoms with E-state index in [0.717, 1.165) is 12.1 Å². The minimum absolute atomic E-state index is 0.138. The molecule has 0 fully saturated rings. The molecule has 0 aliphatic heterocycles. The largest absolute Gasteiger partial charge is 0.350 e. The molecule has 1 rings (SSSR count). The molecule has 1 heterocycles. The molecule has 0 saturated carbocycles. The van der Waals surface area contributed by atoms with Gasteiger partial charge in [0.05, 0.1) is 12.2 Å². The molecule has 0 aliphatic rings. The molecule has 3 nitrogen and oxygen atoms in total. The maximum absolute atomic E-state index is 11.6. The molecule has 1 aromatic rings. The van der Waals surface area contributed by atoms with Crippen molar-refractivity contribution in [2.24, 2.45) is 0 Å². The summed E-state index contributed by atoms with van der Waals surface area (Å²) in [5.41, 5.74) is 0.912. The topological polar surface area (TPSA) is 42.0 Å². The number of nitrogens with one attached hydrogen (secondary N) is 1. The Hall–Kier alpha value is -1.38. The van der Waals surface area contributed by atoms with Crippen LogP contribution in [0, 0.1) is 0 Å². The van der Waals surface area contributed by atoms with Gasteiger partial charge < -0.3 is 5.32 Å². The number of amides is 1. The van der Waals surface area contributed by atoms with Gasteiger partial charge in [0.2, 0.25) is 5.91 Å². The normalized spacial score (nSPS) is 10.4. The van der Waals surface area contributed by atoms with Crippen LogP contribution in [0.15, 0.2) is 24.4 Å². The molecule has 0 radical (unpaired) electrons. The minimum Gasteiger partial charge on any atom is -0.350 e. The van der Waals surface area contributed by atoms with E-state index in [0.29, 0.717) is 13.0 Å². The van der Waals surface area contributed by atoms with Gasteiger partial charge in [-0.2, -0.15) is 0 Å². The van der Waals surface area contributed by atoms with Crippen LogP contribution < -0.4 is 5.32 Å². The third-order valence-corrected chi connectivity index (χ3v) is 3.20. The van der Waals surface area contributed by atoms with Gasteiger partial charge in [-0.05, 0) is 18.6 Å². The standard InChI is InChI=1S/C16H26N2O/c1-2-3-4-5-6-7-8-12-16(19)18-14-15-11-9-10-13-17-15/h9-11,13H,2-8,12,14H2,1H3,(H,18,19). The lowest BCUT2D eigenvalue weighted by Gasteiger charge is -2.04. The Morgan fingerprint density at radius 3 is 2.53 bits per heavy atom. The second kappa shape index (κ2) is 10.5. The molecule has 0 aliphatic carbocycles. The molecule has 1 amide bonds. The van der Waals surface area contributed by atoms with E-state index in [-0.39, 0.29) is 5.91 Å². The molecular weight excluding hydrogens is 236 g/mol. The van der Waals surface area contributed by atoms with Crippen LogP contribution in [-0.4, -0.2) is 10.9 Å². The highest BCUT2D eigenvalue weighted by Gasteiger charge is 2.01. The number of pyridine rings is 1. The van der Waals surface area contributed by atoms with Crippen molar-refractivity contribution in [1.82, 2.24) is 10.3 Å². The van der Waals surface area contributed by atoms with Crippen molar-refractivity contribution in [3.05, 3.63) is 30.1 Å². The van der Waals surface area contributed by atoms with Crippen LogP contribution in [0.25, 0.3) is 0 Å². The highest BCUT2D eigenvalue weighted by atomic mass is 16.1. The fraction of sp³-hybridized carbons (Fsp3) is 0.625. The number of aromatic nitrogens is 1. The molecule has 0 spiro atoms. The second-order valence-electron chi connectivity index (χ2n) is 4.97. The van der Waals surface area contributed by atoms with E-state index in [1.807, 2.05) is 18.2 Å². The first-order chi connectivity index (χ1) is 9.33. The first-order valence-electron chi connectivity index (χ1n) is 7.49. The zero-order valence-electron chi connectivity index (χ0n) is 12.0. The fourth-order valence-corrected chi connectivity index (χ4v) is 2.02. The van der Waals surface area contributed by atoms with E-state index in [2.05, 4.69) is 17.2 Å². The second-order valence-corrected chi connectivity index (χ2v) is 4.97. The Balaban J connectivity index is 1.96. The quantitative estimate of drug-likeness (QED) is 0.651. The van der Waals surface area contributed by atoms with E-state index in [9.17, 15) is 4.79 Å². The Labute approximate surface area is 116 Å². The van der Waals surface area contributed by atoms with Crippen molar-refractivity contribution in [2.75, 3.05) is 0 Å². The third-order valence-electron chi connectivity index (χ3n) is 3.20. The van der Waals surface area contributed by atoms with E-state index in [1.54, 1.807) is 6.20 Å². The van der Waals surface area contributed by atoms with Gasteiger partial charge in [0.15, 0.2) is 0 Å². The van der Waals surface area contributed by atoms with Gasteiger partial charge >= 0.3 is 0 Å². The van der Waals surface area contributed by atoms with E-state index >= 15 is 0 Å². The maximum atomic E-state index is 11.6. The zero-order valence-corrected chi connectivity index (χ0v) is 12.0. The van der Waals surface area contributed by atoms with Crippen LogP contribution >= 0.6 is 0 Å². The maximum Gasteiger partial charge on any atom is 0.220 e. The van der Waals surface area contributed by atoms with Crippen molar-refractivity contribution < 1.29 is 4.79 Å². The van der Waals surface area contributed by atoms with E-state index in [4.69, 9.17) is 0 Å². The summed E-state index contributed by atoms with van der Waals surface area (Å²) >= 11 is 0. The molecule has 1 N–H and O–H groups in total. The lowest BCUT2D eigenvalue weighted by molar-refractivity contribution is -0.121. The predicted octanol–water partition coefficient (Wildman–Crippen LogP) is 3.84. The van der Waals surface area contributed by atoms with Crippen molar-refractivity contribution in [1.29, 1.82) is 0 Å². The SMILES string of the molecule is CCCCCCCCCC(=O)NCc1ccccn1. The van der Waals surface area contributed by atoms with Gasteiger partial charge in [-0.25, -0.2) is 0 Å². The number of carbonyl (C=O) groups is 1. The van der Waals surface area contributed by atoms with Crippen LogP contribution in [0.5, 0.6) is 0 Å². The average molecular weight is 262 g/mol. The number of hydrogen-bond donors (Lipinski definition) is 1. The number of unbranched alkanes of at least 4 members (excludes halogenated alkanes) is 6. The Bertz CT molecular complexity index is 338. The number of carbonyl (C=O) groups excluding carboxylic acids is 1. The molecule has 19 heavy (non-hydrogen) atoms. The number of hydrogen-bond acceptors (Lipinski definition) is 2. The van der Waals surface area contributed by atoms with Crippen molar-refractivity contribution >= 4 is 5.91 Å². The minimum atomic E-state index is 0.138. The predicted molar refractivity (Wildman–Crippen MR) is 78.7 cm³/mol. The lowest BCUT2D eigenvalue weighted by atomic mass is 10.1. The summed E-state index contributed by atoms with van der Waals surface area (Å²) in [5.74, 6) is 0.138. The Morgan fingerprint density at radius 1 is 1.11 bits per heavy atom. The van der Waals surface area contributed by atoms with E-state index < -0.39 is 0 Å². The molecule has 0 bridgehead atoms. The summed E-state index contributed by atoms with van der Waals surface area (Å²) in [6.07, 6.45) is 11.1. The molecule has 0 unspecified atom stereocenters. The van der Waals surface area contributed by atoms with Gasteiger partial charge in [0, 0.05) is 12.6 Å². The number of rotatable bonds is 10. The molecule has 0 saturated heterocycles. The van der Waals surface area contributed by atoms with Crippen LogP contribution in [0.1, 0.15) is 64.0 Å². The van der Waals surface area contributed by atoms with Crippen LogP contribution in [0.3, 0.4) is 0 Å². The Morgan fingerprint density at radius 2 is 1.84 bits per heavy atom. The van der Waals surface area contributed by atoms with Crippen LogP contribution in [0.2, 0.25) is 0 Å². The van der Waals surface area contributed by atoms with Gasteiger partial charge in [0.1, 0.15) is 0 Å². The first kappa shape index (κ1) is 15.7. The summed E-state index contributed by atoms with van der Waals surface area (Å²) in [6.45, 7) is 2.77. The molecule has 1 aromatic heterocycles. The van der Waals surface area contributed by atoms with Gasteiger partial charge in [0.25, 0.3) is 0 Å². The average Bonchev–Trinajstić information content (AvgIpc) is 2.45. The molecule has 0 atom stereocenters. The molecule has 0 aromatic carbocycles. The van der Waals surface area contributed by atoms with Crippen LogP contribution in [-0.2, 0) is 11.3 Å². The monoisotopic (exact) mass is 262 g/mol. The summed E-state index contributed by atoms with van der Waals surface area (Å²) in [6, 6.07) is 5.74. The Kier molecular flexibility index (Phi) is 8.69. The summed E-state index contributed by atoms with van der Waals surface area (Å²) in [5, 5.41) is 2.91. The highest BCUT2D eigenvalue weighted by molar-refractivity contribution is 5.75. The zero-order chi connectivity index (χ0) is 13.8. The molecular formula is C16H26N2O. The van der Waals surface area contributed by atoms with Crippen molar-refractivity contribution in [3.8, 4) is 0 Å². The fourth-order valence-electron chi connectivity index (χ4n) is 2.02. The summed E-state index contributed by atoms with van der Waals surface area (Å²) in [7, 11) is 0. The lowest BCUT2D eigenvalue weighted by Crippen LogP contribution is -2.22.